The number of carboxylic acid groups (broad SMARTS) is 1. The standard InChI is InChI=1S/C40H42N6O6.C2H6/c1-27-7-5-6-10-34(27)43-40(52)42-30-13-11-28(12-14-30)23-36(47)41-31-15-16-35-33(24-31)39(51)45(22-19-38(49)50)26-37(48)46(35)32-17-20-44(21-18-32)25-29-8-3-2-4-9-29;1-2/h2-16,24,32H,17-23,25-26H2,1H3,(H,41,47)(H,49,50)(H2,42,43,52);1-2H3. The van der Waals surface area contributed by atoms with Gasteiger partial charge in [0, 0.05) is 49.3 Å². The molecule has 0 radical (unpaired) electrons. The maximum atomic E-state index is 13.8. The maximum Gasteiger partial charge on any atom is 0.323 e. The van der Waals surface area contributed by atoms with Crippen LogP contribution in [0.5, 0.6) is 0 Å². The van der Waals surface area contributed by atoms with Crippen LogP contribution in [-0.2, 0) is 27.3 Å². The topological polar surface area (TPSA) is 151 Å². The van der Waals surface area contributed by atoms with Crippen molar-refractivity contribution < 1.29 is 29.1 Å². The number of rotatable bonds is 11. The van der Waals surface area contributed by atoms with Crippen LogP contribution < -0.4 is 20.9 Å². The Morgan fingerprint density at radius 3 is 2.13 bits per heavy atom. The number of urea groups is 1. The van der Waals surface area contributed by atoms with Crippen LogP contribution in [0.25, 0.3) is 0 Å². The highest BCUT2D eigenvalue weighted by Crippen LogP contribution is 2.33. The number of carboxylic acids is 1. The SMILES string of the molecule is CC.Cc1ccccc1NC(=O)Nc1ccc(CC(=O)Nc2ccc3c(c2)C(=O)N(CCC(=O)O)CC(=O)N3C2CCN(Cc3ccccc3)CC2)cc1. The minimum Gasteiger partial charge on any atom is -0.481 e. The fourth-order valence-electron chi connectivity index (χ4n) is 6.69. The Bertz CT molecular complexity index is 1940. The second-order valence-corrected chi connectivity index (χ2v) is 13.2. The lowest BCUT2D eigenvalue weighted by Crippen LogP contribution is -2.49. The Kier molecular flexibility index (Phi) is 13.5. The molecule has 12 nitrogen and oxygen atoms in total. The van der Waals surface area contributed by atoms with E-state index >= 15 is 0 Å². The molecule has 1 saturated heterocycles. The first kappa shape index (κ1) is 39.2. The summed E-state index contributed by atoms with van der Waals surface area (Å²) in [4.78, 5) is 70.0. The second-order valence-electron chi connectivity index (χ2n) is 13.2. The molecule has 0 saturated carbocycles. The average Bonchev–Trinajstić information content (AvgIpc) is 3.27. The Labute approximate surface area is 316 Å². The Hall–Kier alpha value is -6.01. The average molecular weight is 733 g/mol. The summed E-state index contributed by atoms with van der Waals surface area (Å²) in [5.41, 5.74) is 5.22. The lowest BCUT2D eigenvalue weighted by Gasteiger charge is -2.38. The molecule has 4 aromatic rings. The number of benzene rings is 4. The molecule has 2 aliphatic heterocycles. The molecule has 12 heteroatoms. The van der Waals surface area contributed by atoms with Crippen molar-refractivity contribution in [2.75, 3.05) is 47.0 Å². The molecular formula is C42H48N6O6. The number of carbonyl (C=O) groups excluding carboxylic acids is 4. The molecule has 4 aromatic carbocycles. The first-order chi connectivity index (χ1) is 26.1. The molecule has 2 aliphatic rings. The zero-order chi connectivity index (χ0) is 38.6. The predicted molar refractivity (Wildman–Crippen MR) is 211 cm³/mol. The van der Waals surface area contributed by atoms with Crippen molar-refractivity contribution in [2.24, 2.45) is 0 Å². The largest absolute Gasteiger partial charge is 0.481 e. The molecule has 0 unspecified atom stereocenters. The van der Waals surface area contributed by atoms with Gasteiger partial charge < -0.3 is 30.9 Å². The number of piperidine rings is 1. The second kappa shape index (κ2) is 18.7. The van der Waals surface area contributed by atoms with Crippen molar-refractivity contribution in [3.05, 3.63) is 119 Å². The lowest BCUT2D eigenvalue weighted by molar-refractivity contribution is -0.137. The van der Waals surface area contributed by atoms with E-state index < -0.39 is 11.9 Å². The number of hydrogen-bond donors (Lipinski definition) is 4. The third-order valence-corrected chi connectivity index (χ3v) is 9.39. The smallest absolute Gasteiger partial charge is 0.323 e. The third kappa shape index (κ3) is 10.3. The molecule has 2 heterocycles. The molecule has 0 bridgehead atoms. The fourth-order valence-corrected chi connectivity index (χ4v) is 6.69. The van der Waals surface area contributed by atoms with E-state index in [1.165, 1.54) is 10.5 Å². The number of aliphatic carboxylic acids is 1. The van der Waals surface area contributed by atoms with Gasteiger partial charge in [-0.2, -0.15) is 0 Å². The van der Waals surface area contributed by atoms with Gasteiger partial charge in [-0.25, -0.2) is 4.79 Å². The zero-order valence-corrected chi connectivity index (χ0v) is 31.0. The third-order valence-electron chi connectivity index (χ3n) is 9.39. The minimum absolute atomic E-state index is 0.0393. The summed E-state index contributed by atoms with van der Waals surface area (Å²) in [6.07, 6.45) is 1.17. The number of aryl methyl sites for hydroxylation is 1. The van der Waals surface area contributed by atoms with Crippen LogP contribution in [0.4, 0.5) is 27.5 Å². The van der Waals surface area contributed by atoms with E-state index in [1.807, 2.05) is 63.2 Å². The summed E-state index contributed by atoms with van der Waals surface area (Å²) in [5, 5.41) is 17.8. The molecular weight excluding hydrogens is 684 g/mol. The number of para-hydroxylation sites is 1. The molecule has 1 fully saturated rings. The molecule has 6 rings (SSSR count). The van der Waals surface area contributed by atoms with E-state index in [2.05, 4.69) is 33.0 Å². The van der Waals surface area contributed by atoms with Gasteiger partial charge in [-0.15, -0.1) is 0 Å². The minimum atomic E-state index is -1.07. The summed E-state index contributed by atoms with van der Waals surface area (Å²) in [5.74, 6) is -2.11. The number of nitrogens with one attached hydrogen (secondary N) is 3. The fraction of sp³-hybridized carbons (Fsp3) is 0.310. The van der Waals surface area contributed by atoms with Crippen LogP contribution in [0, 0.1) is 6.92 Å². The van der Waals surface area contributed by atoms with Crippen LogP contribution in [0.2, 0.25) is 0 Å². The van der Waals surface area contributed by atoms with E-state index in [4.69, 9.17) is 0 Å². The number of nitrogens with zero attached hydrogens (tertiary/aromatic N) is 3. The highest BCUT2D eigenvalue weighted by atomic mass is 16.4. The van der Waals surface area contributed by atoms with Gasteiger partial charge in [0.25, 0.3) is 5.91 Å². The molecule has 4 N–H and O–H groups in total. The number of anilines is 4. The Morgan fingerprint density at radius 2 is 1.44 bits per heavy atom. The monoisotopic (exact) mass is 732 g/mol. The first-order valence-corrected chi connectivity index (χ1v) is 18.4. The van der Waals surface area contributed by atoms with Gasteiger partial charge >= 0.3 is 12.0 Å². The van der Waals surface area contributed by atoms with Gasteiger partial charge in [0.1, 0.15) is 6.54 Å². The molecule has 0 aliphatic carbocycles. The van der Waals surface area contributed by atoms with E-state index in [-0.39, 0.29) is 55.4 Å². The number of likely N-dealkylation sites (tertiary alicyclic amines) is 1. The number of hydrogen-bond acceptors (Lipinski definition) is 6. The van der Waals surface area contributed by atoms with Crippen LogP contribution in [0.3, 0.4) is 0 Å². The van der Waals surface area contributed by atoms with Gasteiger partial charge in [-0.3, -0.25) is 24.1 Å². The lowest BCUT2D eigenvalue weighted by atomic mass is 10.00. The van der Waals surface area contributed by atoms with Crippen molar-refractivity contribution in [3.8, 4) is 0 Å². The van der Waals surface area contributed by atoms with Crippen molar-refractivity contribution in [1.82, 2.24) is 9.80 Å². The normalized spacial score (nSPS) is 14.6. The summed E-state index contributed by atoms with van der Waals surface area (Å²) in [6, 6.07) is 29.0. The molecule has 0 aromatic heterocycles. The van der Waals surface area contributed by atoms with Crippen LogP contribution in [-0.4, -0.2) is 76.8 Å². The highest BCUT2D eigenvalue weighted by Gasteiger charge is 2.37. The molecule has 0 atom stereocenters. The maximum absolute atomic E-state index is 13.8. The number of carbonyl (C=O) groups is 5. The van der Waals surface area contributed by atoms with E-state index in [0.29, 0.717) is 41.2 Å². The van der Waals surface area contributed by atoms with Gasteiger partial charge in [-0.05, 0) is 72.9 Å². The summed E-state index contributed by atoms with van der Waals surface area (Å²) in [6.45, 7) is 7.93. The molecule has 282 valence electrons. The summed E-state index contributed by atoms with van der Waals surface area (Å²) < 4.78 is 0. The Morgan fingerprint density at radius 1 is 0.778 bits per heavy atom. The van der Waals surface area contributed by atoms with E-state index in [0.717, 1.165) is 25.2 Å². The number of amides is 5. The summed E-state index contributed by atoms with van der Waals surface area (Å²) in [7, 11) is 0. The van der Waals surface area contributed by atoms with E-state index in [1.54, 1.807) is 47.4 Å². The van der Waals surface area contributed by atoms with Crippen LogP contribution in [0.15, 0.2) is 97.1 Å². The van der Waals surface area contributed by atoms with Crippen molar-refractivity contribution in [1.29, 1.82) is 0 Å². The zero-order valence-electron chi connectivity index (χ0n) is 31.0. The van der Waals surface area contributed by atoms with Crippen molar-refractivity contribution in [2.45, 2.75) is 59.0 Å². The van der Waals surface area contributed by atoms with Crippen LogP contribution >= 0.6 is 0 Å². The highest BCUT2D eigenvalue weighted by molar-refractivity contribution is 6.11. The summed E-state index contributed by atoms with van der Waals surface area (Å²) >= 11 is 0. The van der Waals surface area contributed by atoms with E-state index in [9.17, 15) is 29.1 Å². The van der Waals surface area contributed by atoms with Gasteiger partial charge in [0.05, 0.1) is 24.1 Å². The van der Waals surface area contributed by atoms with Gasteiger partial charge in [-0.1, -0.05) is 74.5 Å². The molecule has 0 spiro atoms. The molecule has 5 amide bonds. The van der Waals surface area contributed by atoms with Gasteiger partial charge in [0.2, 0.25) is 11.8 Å². The van der Waals surface area contributed by atoms with Crippen LogP contribution in [0.1, 0.15) is 60.2 Å². The Balaban J connectivity index is 0.00000276. The van der Waals surface area contributed by atoms with Crippen molar-refractivity contribution >= 4 is 52.5 Å². The quantitative estimate of drug-likeness (QED) is 0.133. The predicted octanol–water partition coefficient (Wildman–Crippen LogP) is 6.77. The van der Waals surface area contributed by atoms with Crippen molar-refractivity contribution in [3.63, 3.8) is 0 Å². The van der Waals surface area contributed by atoms with Gasteiger partial charge in [0.15, 0.2) is 0 Å². The molecule has 54 heavy (non-hydrogen) atoms. The first-order valence-electron chi connectivity index (χ1n) is 18.4. The number of fused-ring (bicyclic) bond motifs is 1.